The number of nitrogens with zero attached hydrogens (tertiary/aromatic N) is 2. The molecule has 1 heterocycles. The van der Waals surface area contributed by atoms with Gasteiger partial charge < -0.3 is 10.1 Å². The maximum Gasteiger partial charge on any atom is 0.358 e. The summed E-state index contributed by atoms with van der Waals surface area (Å²) in [7, 11) is 1.32. The Bertz CT molecular complexity index is 399. The zero-order valence-corrected chi connectivity index (χ0v) is 11.7. The first-order valence-corrected chi connectivity index (χ1v) is 6.02. The van der Waals surface area contributed by atoms with Gasteiger partial charge in [-0.25, -0.2) is 4.79 Å². The smallest absolute Gasteiger partial charge is 0.358 e. The molecule has 0 amide bonds. The van der Waals surface area contributed by atoms with Crippen molar-refractivity contribution in [3.8, 4) is 0 Å². The van der Waals surface area contributed by atoms with Crippen LogP contribution in [-0.4, -0.2) is 29.8 Å². The molecule has 1 N–H and O–H groups in total. The van der Waals surface area contributed by atoms with Gasteiger partial charge in [0.25, 0.3) is 0 Å². The van der Waals surface area contributed by atoms with Gasteiger partial charge in [-0.05, 0) is 23.5 Å². The highest BCUT2D eigenvalue weighted by Gasteiger charge is 2.22. The average molecular weight is 251 g/mol. The predicted octanol–water partition coefficient (Wildman–Crippen LogP) is 2.36. The van der Waals surface area contributed by atoms with Crippen LogP contribution < -0.4 is 5.32 Å². The molecule has 1 rings (SSSR count). The second-order valence-corrected chi connectivity index (χ2v) is 5.29. The van der Waals surface area contributed by atoms with Crippen LogP contribution in [0.15, 0.2) is 12.1 Å². The van der Waals surface area contributed by atoms with Crippen molar-refractivity contribution in [3.63, 3.8) is 0 Å². The third-order valence-electron chi connectivity index (χ3n) is 3.35. The lowest BCUT2D eigenvalue weighted by Gasteiger charge is -2.29. The SMILES string of the molecule is COC(=O)c1ccc(NCC(C)(C)C(C)C)nn1. The molecule has 0 atom stereocenters. The van der Waals surface area contributed by atoms with Crippen molar-refractivity contribution in [2.24, 2.45) is 11.3 Å². The quantitative estimate of drug-likeness (QED) is 0.814. The minimum Gasteiger partial charge on any atom is -0.464 e. The molecular formula is C13H21N3O2. The van der Waals surface area contributed by atoms with E-state index in [1.54, 1.807) is 12.1 Å². The Labute approximate surface area is 108 Å². The molecule has 1 aromatic heterocycles. The van der Waals surface area contributed by atoms with Crippen LogP contribution in [0.3, 0.4) is 0 Å². The number of rotatable bonds is 5. The molecule has 0 radical (unpaired) electrons. The Balaban J connectivity index is 2.62. The Morgan fingerprint density at radius 2 is 2.06 bits per heavy atom. The Morgan fingerprint density at radius 1 is 1.39 bits per heavy atom. The highest BCUT2D eigenvalue weighted by Crippen LogP contribution is 2.25. The van der Waals surface area contributed by atoms with Crippen LogP contribution in [-0.2, 0) is 4.74 Å². The van der Waals surface area contributed by atoms with Gasteiger partial charge in [-0.3, -0.25) is 0 Å². The van der Waals surface area contributed by atoms with Crippen LogP contribution in [0.1, 0.15) is 38.2 Å². The summed E-state index contributed by atoms with van der Waals surface area (Å²) >= 11 is 0. The summed E-state index contributed by atoms with van der Waals surface area (Å²) in [5, 5.41) is 11.0. The molecule has 0 aliphatic rings. The molecule has 5 nitrogen and oxygen atoms in total. The third kappa shape index (κ3) is 3.68. The van der Waals surface area contributed by atoms with Gasteiger partial charge in [0.1, 0.15) is 5.82 Å². The van der Waals surface area contributed by atoms with Crippen molar-refractivity contribution < 1.29 is 9.53 Å². The van der Waals surface area contributed by atoms with E-state index in [0.29, 0.717) is 11.7 Å². The summed E-state index contributed by atoms with van der Waals surface area (Å²) in [6, 6.07) is 3.33. The van der Waals surface area contributed by atoms with Crippen molar-refractivity contribution >= 4 is 11.8 Å². The number of carbonyl (C=O) groups is 1. The molecule has 1 aromatic rings. The molecule has 0 aliphatic carbocycles. The fourth-order valence-corrected chi connectivity index (χ4v) is 1.16. The van der Waals surface area contributed by atoms with Crippen LogP contribution in [0.5, 0.6) is 0 Å². The summed E-state index contributed by atoms with van der Waals surface area (Å²) in [6.07, 6.45) is 0. The van der Waals surface area contributed by atoms with Crippen LogP contribution >= 0.6 is 0 Å². The van der Waals surface area contributed by atoms with Crippen molar-refractivity contribution in [2.45, 2.75) is 27.7 Å². The van der Waals surface area contributed by atoms with Crippen LogP contribution in [0, 0.1) is 11.3 Å². The second kappa shape index (κ2) is 5.80. The molecule has 5 heteroatoms. The highest BCUT2D eigenvalue weighted by atomic mass is 16.5. The van der Waals surface area contributed by atoms with Crippen molar-refractivity contribution in [1.29, 1.82) is 0 Å². The number of carbonyl (C=O) groups excluding carboxylic acids is 1. The number of esters is 1. The van der Waals surface area contributed by atoms with E-state index < -0.39 is 5.97 Å². The fourth-order valence-electron chi connectivity index (χ4n) is 1.16. The van der Waals surface area contributed by atoms with Gasteiger partial charge in [-0.15, -0.1) is 10.2 Å². The number of hydrogen-bond donors (Lipinski definition) is 1. The summed E-state index contributed by atoms with van der Waals surface area (Å²) < 4.78 is 4.56. The summed E-state index contributed by atoms with van der Waals surface area (Å²) in [5.41, 5.74) is 0.383. The van der Waals surface area contributed by atoms with Gasteiger partial charge in [0.05, 0.1) is 7.11 Å². The van der Waals surface area contributed by atoms with E-state index in [1.165, 1.54) is 7.11 Å². The van der Waals surface area contributed by atoms with E-state index >= 15 is 0 Å². The Hall–Kier alpha value is -1.65. The standard InChI is InChI=1S/C13H21N3O2/c1-9(2)13(3,4)8-14-11-7-6-10(15-16-11)12(17)18-5/h6-7,9H,8H2,1-5H3,(H,14,16). The molecule has 100 valence electrons. The number of anilines is 1. The molecule has 0 unspecified atom stereocenters. The Kier molecular flexibility index (Phi) is 4.64. The first kappa shape index (κ1) is 14.4. The first-order valence-electron chi connectivity index (χ1n) is 6.02. The van der Waals surface area contributed by atoms with Crippen molar-refractivity contribution in [1.82, 2.24) is 10.2 Å². The summed E-state index contributed by atoms with van der Waals surface area (Å²) in [5.74, 6) is 0.750. The van der Waals surface area contributed by atoms with E-state index in [-0.39, 0.29) is 11.1 Å². The van der Waals surface area contributed by atoms with Crippen LogP contribution in [0.25, 0.3) is 0 Å². The number of nitrogens with one attached hydrogen (secondary N) is 1. The maximum atomic E-state index is 11.2. The molecule has 0 spiro atoms. The molecule has 0 saturated heterocycles. The maximum absolute atomic E-state index is 11.2. The van der Waals surface area contributed by atoms with Crippen LogP contribution in [0.4, 0.5) is 5.82 Å². The number of hydrogen-bond acceptors (Lipinski definition) is 5. The first-order chi connectivity index (χ1) is 8.36. The molecule has 0 saturated carbocycles. The molecule has 0 bridgehead atoms. The molecule has 0 aliphatic heterocycles. The topological polar surface area (TPSA) is 64.1 Å². The highest BCUT2D eigenvalue weighted by molar-refractivity contribution is 5.86. The molecular weight excluding hydrogens is 230 g/mol. The van der Waals surface area contributed by atoms with E-state index in [9.17, 15) is 4.79 Å². The minimum atomic E-state index is -0.475. The van der Waals surface area contributed by atoms with Crippen LogP contribution in [0.2, 0.25) is 0 Å². The molecule has 18 heavy (non-hydrogen) atoms. The van der Waals surface area contributed by atoms with E-state index in [0.717, 1.165) is 6.54 Å². The van der Waals surface area contributed by atoms with E-state index in [1.807, 2.05) is 0 Å². The average Bonchev–Trinajstić information content (AvgIpc) is 2.36. The number of aromatic nitrogens is 2. The van der Waals surface area contributed by atoms with Crippen molar-refractivity contribution in [2.75, 3.05) is 19.0 Å². The normalized spacial score (nSPS) is 11.4. The number of methoxy groups -OCH3 is 1. The van der Waals surface area contributed by atoms with Gasteiger partial charge in [-0.1, -0.05) is 27.7 Å². The lowest BCUT2D eigenvalue weighted by molar-refractivity contribution is 0.0593. The Morgan fingerprint density at radius 3 is 2.50 bits per heavy atom. The van der Waals surface area contributed by atoms with Crippen molar-refractivity contribution in [3.05, 3.63) is 17.8 Å². The fraction of sp³-hybridized carbons (Fsp3) is 0.615. The zero-order valence-electron chi connectivity index (χ0n) is 11.7. The van der Waals surface area contributed by atoms with Gasteiger partial charge >= 0.3 is 5.97 Å². The van der Waals surface area contributed by atoms with E-state index in [2.05, 4.69) is 47.9 Å². The van der Waals surface area contributed by atoms with Gasteiger partial charge in [0.15, 0.2) is 5.69 Å². The largest absolute Gasteiger partial charge is 0.464 e. The second-order valence-electron chi connectivity index (χ2n) is 5.29. The lowest BCUT2D eigenvalue weighted by Crippen LogP contribution is -2.28. The van der Waals surface area contributed by atoms with Gasteiger partial charge in [0.2, 0.25) is 0 Å². The number of ether oxygens (including phenoxy) is 1. The third-order valence-corrected chi connectivity index (χ3v) is 3.35. The zero-order chi connectivity index (χ0) is 13.8. The van der Waals surface area contributed by atoms with Gasteiger partial charge in [-0.2, -0.15) is 0 Å². The van der Waals surface area contributed by atoms with Gasteiger partial charge in [0, 0.05) is 6.54 Å². The summed E-state index contributed by atoms with van der Waals surface area (Å²) in [4.78, 5) is 11.2. The minimum absolute atomic E-state index is 0.169. The summed E-state index contributed by atoms with van der Waals surface area (Å²) in [6.45, 7) is 9.57. The monoisotopic (exact) mass is 251 g/mol. The van der Waals surface area contributed by atoms with E-state index in [4.69, 9.17) is 0 Å². The predicted molar refractivity (Wildman–Crippen MR) is 70.5 cm³/mol. The molecule has 0 fully saturated rings. The lowest BCUT2D eigenvalue weighted by atomic mass is 9.81. The molecule has 0 aromatic carbocycles.